The first-order chi connectivity index (χ1) is 19.0. The number of rotatable bonds is 2. The van der Waals surface area contributed by atoms with Crippen LogP contribution in [0.15, 0.2) is 115 Å². The fourth-order valence-electron chi connectivity index (χ4n) is 7.31. The zero-order valence-electron chi connectivity index (χ0n) is 22.7. The summed E-state index contributed by atoms with van der Waals surface area (Å²) >= 11 is 0. The van der Waals surface area contributed by atoms with E-state index in [1.807, 2.05) is 0 Å². The Kier molecular flexibility index (Phi) is 4.71. The lowest BCUT2D eigenvalue weighted by Crippen LogP contribution is -2.27. The highest BCUT2D eigenvalue weighted by Gasteiger charge is 2.39. The van der Waals surface area contributed by atoms with Crippen molar-refractivity contribution in [2.75, 3.05) is 0 Å². The van der Waals surface area contributed by atoms with Crippen LogP contribution in [-0.2, 0) is 5.41 Å². The minimum absolute atomic E-state index is 0.0706. The molecule has 39 heavy (non-hydrogen) atoms. The number of para-hydroxylation sites is 1. The van der Waals surface area contributed by atoms with Gasteiger partial charge in [0.1, 0.15) is 0 Å². The summed E-state index contributed by atoms with van der Waals surface area (Å²) < 4.78 is 2.52. The molecule has 0 bridgehead atoms. The molecule has 0 radical (unpaired) electrons. The summed E-state index contributed by atoms with van der Waals surface area (Å²) in [6.07, 6.45) is 14.9. The maximum atomic E-state index is 3.60. The molecule has 2 heteroatoms. The SMILES string of the molecule is CC1C=CC(C2C=C(n3c4ccccc4c4c5c(c6ccccc6c43)C(C)(C)c3ccccc3-5)C=CN2)=CC1. The average Bonchev–Trinajstić information content (AvgIpc) is 3.44. The summed E-state index contributed by atoms with van der Waals surface area (Å²) in [5, 5.41) is 8.96. The minimum atomic E-state index is -0.0706. The number of aromatic nitrogens is 1. The molecule has 1 N–H and O–H groups in total. The van der Waals surface area contributed by atoms with Crippen LogP contribution in [0, 0.1) is 5.92 Å². The second-order valence-corrected chi connectivity index (χ2v) is 11.9. The van der Waals surface area contributed by atoms with Gasteiger partial charge in [0.25, 0.3) is 0 Å². The van der Waals surface area contributed by atoms with Crippen LogP contribution in [0.25, 0.3) is 49.4 Å². The zero-order chi connectivity index (χ0) is 26.3. The first-order valence-corrected chi connectivity index (χ1v) is 14.2. The summed E-state index contributed by atoms with van der Waals surface area (Å²) in [6, 6.07) is 27.2. The first-order valence-electron chi connectivity index (χ1n) is 14.2. The molecule has 0 saturated carbocycles. The fourth-order valence-corrected chi connectivity index (χ4v) is 7.31. The van der Waals surface area contributed by atoms with E-state index >= 15 is 0 Å². The van der Waals surface area contributed by atoms with Crippen LogP contribution in [-0.4, -0.2) is 10.6 Å². The monoisotopic (exact) mass is 504 g/mol. The van der Waals surface area contributed by atoms with Gasteiger partial charge in [0.05, 0.1) is 17.1 Å². The van der Waals surface area contributed by atoms with Crippen molar-refractivity contribution in [3.05, 3.63) is 126 Å². The largest absolute Gasteiger partial charge is 0.380 e. The first kappa shape index (κ1) is 22.7. The minimum Gasteiger partial charge on any atom is -0.380 e. The number of fused-ring (bicyclic) bond motifs is 10. The molecule has 8 rings (SSSR count). The predicted octanol–water partition coefficient (Wildman–Crippen LogP) is 9.10. The van der Waals surface area contributed by atoms with E-state index in [-0.39, 0.29) is 11.5 Å². The van der Waals surface area contributed by atoms with Crippen molar-refractivity contribution < 1.29 is 0 Å². The molecule has 1 aliphatic heterocycles. The van der Waals surface area contributed by atoms with Crippen LogP contribution < -0.4 is 5.32 Å². The number of hydrogen-bond acceptors (Lipinski definition) is 1. The Hall–Kier alpha value is -4.30. The lowest BCUT2D eigenvalue weighted by Gasteiger charge is -2.25. The maximum absolute atomic E-state index is 3.60. The van der Waals surface area contributed by atoms with Crippen LogP contribution in [0.2, 0.25) is 0 Å². The number of benzene rings is 4. The van der Waals surface area contributed by atoms with E-state index in [4.69, 9.17) is 0 Å². The van der Waals surface area contributed by atoms with Crippen LogP contribution in [0.1, 0.15) is 38.3 Å². The molecule has 2 atom stereocenters. The van der Waals surface area contributed by atoms with Gasteiger partial charge < -0.3 is 9.88 Å². The van der Waals surface area contributed by atoms with Crippen LogP contribution in [0.4, 0.5) is 0 Å². The molecule has 190 valence electrons. The number of hydrogen-bond donors (Lipinski definition) is 1. The molecule has 4 aromatic carbocycles. The van der Waals surface area contributed by atoms with Crippen molar-refractivity contribution in [2.24, 2.45) is 5.92 Å². The number of dihydropyridines is 1. The Balaban J connectivity index is 1.51. The molecule has 3 aliphatic rings. The van der Waals surface area contributed by atoms with E-state index < -0.39 is 0 Å². The molecule has 2 nitrogen and oxygen atoms in total. The highest BCUT2D eigenvalue weighted by Crippen LogP contribution is 2.56. The van der Waals surface area contributed by atoms with Gasteiger partial charge in [-0.1, -0.05) is 106 Å². The van der Waals surface area contributed by atoms with Crippen molar-refractivity contribution in [1.29, 1.82) is 0 Å². The summed E-state index contributed by atoms with van der Waals surface area (Å²) in [5.41, 5.74) is 10.7. The van der Waals surface area contributed by atoms with E-state index in [9.17, 15) is 0 Å². The smallest absolute Gasteiger partial charge is 0.0712 e. The van der Waals surface area contributed by atoms with E-state index in [1.165, 1.54) is 66.1 Å². The highest BCUT2D eigenvalue weighted by molar-refractivity contribution is 6.27. The van der Waals surface area contributed by atoms with Crippen molar-refractivity contribution in [3.63, 3.8) is 0 Å². The second kappa shape index (κ2) is 8.10. The van der Waals surface area contributed by atoms with Gasteiger partial charge in [0.15, 0.2) is 0 Å². The molecule has 5 aromatic rings. The Morgan fingerprint density at radius 3 is 2.41 bits per heavy atom. The fraction of sp³-hybridized carbons (Fsp3) is 0.189. The van der Waals surface area contributed by atoms with Crippen molar-refractivity contribution >= 4 is 38.3 Å². The number of nitrogens with zero attached hydrogens (tertiary/aromatic N) is 1. The van der Waals surface area contributed by atoms with Gasteiger partial charge in [0, 0.05) is 27.3 Å². The third-order valence-corrected chi connectivity index (χ3v) is 9.15. The third-order valence-electron chi connectivity index (χ3n) is 9.15. The standard InChI is InChI=1S/C37H32N2/c1-23-16-18-24(19-17-23)31-22-25(20-21-38-31)39-32-15-9-7-13-29(32)34-33-28-12-6-8-14-30(28)37(2,3)35(33)26-10-4-5-11-27(26)36(34)39/h4-16,18-23,31,38H,17H2,1-3H3. The van der Waals surface area contributed by atoms with Gasteiger partial charge in [-0.25, -0.2) is 0 Å². The molecule has 1 aromatic heterocycles. The molecule has 2 heterocycles. The predicted molar refractivity (Wildman–Crippen MR) is 166 cm³/mol. The quantitative estimate of drug-likeness (QED) is 0.254. The van der Waals surface area contributed by atoms with Gasteiger partial charge in [-0.05, 0) is 70.0 Å². The molecular formula is C37H32N2. The van der Waals surface area contributed by atoms with E-state index in [2.05, 4.69) is 140 Å². The van der Waals surface area contributed by atoms with Gasteiger partial charge >= 0.3 is 0 Å². The zero-order valence-corrected chi connectivity index (χ0v) is 22.7. The van der Waals surface area contributed by atoms with Gasteiger partial charge in [-0.15, -0.1) is 0 Å². The molecule has 0 spiro atoms. The Labute approximate surface area is 229 Å². The number of allylic oxidation sites excluding steroid dienone is 4. The van der Waals surface area contributed by atoms with Crippen molar-refractivity contribution in [3.8, 4) is 11.1 Å². The maximum Gasteiger partial charge on any atom is 0.0712 e. The van der Waals surface area contributed by atoms with Crippen molar-refractivity contribution in [2.45, 2.75) is 38.6 Å². The summed E-state index contributed by atoms with van der Waals surface area (Å²) in [4.78, 5) is 0. The van der Waals surface area contributed by atoms with Crippen molar-refractivity contribution in [1.82, 2.24) is 9.88 Å². The van der Waals surface area contributed by atoms with Crippen LogP contribution in [0.5, 0.6) is 0 Å². The topological polar surface area (TPSA) is 17.0 Å². The van der Waals surface area contributed by atoms with Gasteiger partial charge in [0.2, 0.25) is 0 Å². The third kappa shape index (κ3) is 3.09. The molecule has 0 fully saturated rings. The molecule has 2 unspecified atom stereocenters. The molecular weight excluding hydrogens is 472 g/mol. The molecule has 0 amide bonds. The van der Waals surface area contributed by atoms with Crippen LogP contribution in [0.3, 0.4) is 0 Å². The van der Waals surface area contributed by atoms with E-state index in [0.29, 0.717) is 5.92 Å². The Bertz CT molecular complexity index is 1960. The summed E-state index contributed by atoms with van der Waals surface area (Å²) in [7, 11) is 0. The Morgan fingerprint density at radius 1 is 0.846 bits per heavy atom. The lowest BCUT2D eigenvalue weighted by atomic mass is 9.79. The normalized spacial score (nSPS) is 21.1. The lowest BCUT2D eigenvalue weighted by molar-refractivity contribution is 0.666. The summed E-state index contributed by atoms with van der Waals surface area (Å²) in [5.74, 6) is 0.606. The van der Waals surface area contributed by atoms with Crippen LogP contribution >= 0.6 is 0 Å². The highest BCUT2D eigenvalue weighted by atomic mass is 15.0. The summed E-state index contributed by atoms with van der Waals surface area (Å²) in [6.45, 7) is 7.06. The van der Waals surface area contributed by atoms with Gasteiger partial charge in [-0.2, -0.15) is 0 Å². The second-order valence-electron chi connectivity index (χ2n) is 11.9. The van der Waals surface area contributed by atoms with E-state index in [0.717, 1.165) is 6.42 Å². The molecule has 0 saturated heterocycles. The average molecular weight is 505 g/mol. The molecule has 2 aliphatic carbocycles. The Morgan fingerprint density at radius 2 is 1.59 bits per heavy atom. The number of nitrogens with one attached hydrogen (secondary N) is 1. The van der Waals surface area contributed by atoms with Gasteiger partial charge in [-0.3, -0.25) is 0 Å². The van der Waals surface area contributed by atoms with E-state index in [1.54, 1.807) is 0 Å².